The summed E-state index contributed by atoms with van der Waals surface area (Å²) in [6, 6.07) is 6.17. The Morgan fingerprint density at radius 3 is 2.57 bits per heavy atom. The minimum absolute atomic E-state index is 0.0668. The van der Waals surface area contributed by atoms with Crippen LogP contribution in [0.3, 0.4) is 0 Å². The SMILES string of the molecule is CCNC(CN(C)C1CCC1)c1cccc(C(F)(F)F)c1. The van der Waals surface area contributed by atoms with Crippen molar-refractivity contribution in [2.45, 2.75) is 44.4 Å². The van der Waals surface area contributed by atoms with Crippen molar-refractivity contribution in [1.29, 1.82) is 0 Å². The smallest absolute Gasteiger partial charge is 0.309 e. The summed E-state index contributed by atoms with van der Waals surface area (Å²) in [6.45, 7) is 3.45. The zero-order chi connectivity index (χ0) is 15.5. The lowest BCUT2D eigenvalue weighted by atomic mass is 9.91. The Labute approximate surface area is 124 Å². The molecule has 0 aromatic heterocycles. The fourth-order valence-electron chi connectivity index (χ4n) is 2.73. The van der Waals surface area contributed by atoms with Crippen LogP contribution >= 0.6 is 0 Å². The predicted molar refractivity (Wildman–Crippen MR) is 78.1 cm³/mol. The molecule has 21 heavy (non-hydrogen) atoms. The number of alkyl halides is 3. The van der Waals surface area contributed by atoms with Gasteiger partial charge in [0.05, 0.1) is 5.56 Å². The molecule has 0 amide bonds. The molecule has 0 aliphatic heterocycles. The zero-order valence-corrected chi connectivity index (χ0v) is 12.6. The minimum Gasteiger partial charge on any atom is -0.309 e. The number of nitrogens with zero attached hydrogens (tertiary/aromatic N) is 1. The van der Waals surface area contributed by atoms with Crippen molar-refractivity contribution in [1.82, 2.24) is 10.2 Å². The third kappa shape index (κ3) is 4.20. The van der Waals surface area contributed by atoms with Crippen LogP contribution in [0.5, 0.6) is 0 Å². The van der Waals surface area contributed by atoms with E-state index in [9.17, 15) is 13.2 Å². The highest BCUT2D eigenvalue weighted by atomic mass is 19.4. The van der Waals surface area contributed by atoms with Gasteiger partial charge in [-0.15, -0.1) is 0 Å². The first kappa shape index (κ1) is 16.3. The van der Waals surface area contributed by atoms with Crippen molar-refractivity contribution in [3.63, 3.8) is 0 Å². The molecule has 1 saturated carbocycles. The van der Waals surface area contributed by atoms with E-state index in [1.165, 1.54) is 31.4 Å². The number of halogens is 3. The first-order chi connectivity index (χ1) is 9.91. The van der Waals surface area contributed by atoms with Crippen LogP contribution in [-0.2, 0) is 6.18 Å². The van der Waals surface area contributed by atoms with Gasteiger partial charge in [-0.1, -0.05) is 25.5 Å². The summed E-state index contributed by atoms with van der Waals surface area (Å²) in [5, 5.41) is 3.30. The van der Waals surface area contributed by atoms with E-state index in [2.05, 4.69) is 17.3 Å². The Bertz CT molecular complexity index is 455. The molecule has 0 radical (unpaired) electrons. The van der Waals surface area contributed by atoms with E-state index in [0.29, 0.717) is 11.6 Å². The number of hydrogen-bond donors (Lipinski definition) is 1. The Hall–Kier alpha value is -1.07. The number of rotatable bonds is 6. The molecule has 0 heterocycles. The molecule has 118 valence electrons. The zero-order valence-electron chi connectivity index (χ0n) is 12.6. The number of benzene rings is 1. The lowest BCUT2D eigenvalue weighted by molar-refractivity contribution is -0.137. The molecule has 0 saturated heterocycles. The predicted octanol–water partition coefficient (Wildman–Crippen LogP) is 3.84. The van der Waals surface area contributed by atoms with Gasteiger partial charge in [0.1, 0.15) is 0 Å². The molecule has 1 aromatic carbocycles. The molecule has 5 heteroatoms. The molecule has 2 nitrogen and oxygen atoms in total. The second-order valence-electron chi connectivity index (χ2n) is 5.76. The minimum atomic E-state index is -4.29. The van der Waals surface area contributed by atoms with Crippen LogP contribution in [0.25, 0.3) is 0 Å². The summed E-state index contributed by atoms with van der Waals surface area (Å²) in [6.07, 6.45) is -0.646. The second kappa shape index (κ2) is 6.79. The van der Waals surface area contributed by atoms with Crippen LogP contribution in [0.2, 0.25) is 0 Å². The van der Waals surface area contributed by atoms with Crippen molar-refractivity contribution >= 4 is 0 Å². The summed E-state index contributed by atoms with van der Waals surface area (Å²) in [4.78, 5) is 2.26. The maximum Gasteiger partial charge on any atom is 0.416 e. The van der Waals surface area contributed by atoms with Crippen LogP contribution in [-0.4, -0.2) is 31.1 Å². The molecule has 1 N–H and O–H groups in total. The highest BCUT2D eigenvalue weighted by Crippen LogP contribution is 2.31. The van der Waals surface area contributed by atoms with Crippen LogP contribution in [0.1, 0.15) is 43.4 Å². The van der Waals surface area contributed by atoms with Gasteiger partial charge in [-0.2, -0.15) is 13.2 Å². The van der Waals surface area contributed by atoms with Gasteiger partial charge in [-0.05, 0) is 44.1 Å². The molecular weight excluding hydrogens is 277 g/mol. The lowest BCUT2D eigenvalue weighted by Crippen LogP contribution is -2.42. The van der Waals surface area contributed by atoms with Gasteiger partial charge in [0.2, 0.25) is 0 Å². The quantitative estimate of drug-likeness (QED) is 0.858. The fourth-order valence-corrected chi connectivity index (χ4v) is 2.73. The van der Waals surface area contributed by atoms with E-state index in [4.69, 9.17) is 0 Å². The van der Waals surface area contributed by atoms with Gasteiger partial charge in [-0.3, -0.25) is 0 Å². The molecule has 2 rings (SSSR count). The van der Waals surface area contributed by atoms with Crippen LogP contribution < -0.4 is 5.32 Å². The largest absolute Gasteiger partial charge is 0.416 e. The monoisotopic (exact) mass is 300 g/mol. The van der Waals surface area contributed by atoms with E-state index in [1.807, 2.05) is 6.92 Å². The Morgan fingerprint density at radius 2 is 2.05 bits per heavy atom. The van der Waals surface area contributed by atoms with Crippen LogP contribution in [0, 0.1) is 0 Å². The van der Waals surface area contributed by atoms with Gasteiger partial charge in [-0.25, -0.2) is 0 Å². The third-order valence-electron chi connectivity index (χ3n) is 4.24. The van der Waals surface area contributed by atoms with E-state index < -0.39 is 11.7 Å². The molecule has 1 fully saturated rings. The summed E-state index contributed by atoms with van der Waals surface area (Å²) in [5.74, 6) is 0. The molecule has 1 aliphatic rings. The molecular formula is C16H23F3N2. The first-order valence-electron chi connectivity index (χ1n) is 7.52. The fraction of sp³-hybridized carbons (Fsp3) is 0.625. The van der Waals surface area contributed by atoms with Gasteiger partial charge in [0.25, 0.3) is 0 Å². The topological polar surface area (TPSA) is 15.3 Å². The normalized spacial score (nSPS) is 17.8. The molecule has 1 aromatic rings. The van der Waals surface area contributed by atoms with Gasteiger partial charge in [0.15, 0.2) is 0 Å². The van der Waals surface area contributed by atoms with Crippen molar-refractivity contribution in [3.8, 4) is 0 Å². The maximum absolute atomic E-state index is 12.8. The third-order valence-corrected chi connectivity index (χ3v) is 4.24. The average Bonchev–Trinajstić information content (AvgIpc) is 2.35. The number of likely N-dealkylation sites (N-methyl/N-ethyl adjacent to an activating group) is 2. The summed E-state index contributed by atoms with van der Waals surface area (Å²) >= 11 is 0. The van der Waals surface area contributed by atoms with E-state index in [1.54, 1.807) is 6.07 Å². The molecule has 0 bridgehead atoms. The Morgan fingerprint density at radius 1 is 1.33 bits per heavy atom. The summed E-state index contributed by atoms with van der Waals surface area (Å²) in [7, 11) is 2.06. The van der Waals surface area contributed by atoms with Gasteiger partial charge >= 0.3 is 6.18 Å². The molecule has 1 unspecified atom stereocenters. The van der Waals surface area contributed by atoms with E-state index in [-0.39, 0.29) is 6.04 Å². The summed E-state index contributed by atoms with van der Waals surface area (Å²) in [5.41, 5.74) is 0.132. The van der Waals surface area contributed by atoms with Crippen molar-refractivity contribution in [3.05, 3.63) is 35.4 Å². The average molecular weight is 300 g/mol. The lowest BCUT2D eigenvalue weighted by Gasteiger charge is -2.37. The Balaban J connectivity index is 2.13. The Kier molecular flexibility index (Phi) is 5.27. The van der Waals surface area contributed by atoms with Crippen molar-refractivity contribution < 1.29 is 13.2 Å². The van der Waals surface area contributed by atoms with Gasteiger partial charge in [0, 0.05) is 18.6 Å². The summed E-state index contributed by atoms with van der Waals surface area (Å²) < 4.78 is 38.5. The maximum atomic E-state index is 12.8. The van der Waals surface area contributed by atoms with Crippen molar-refractivity contribution in [2.24, 2.45) is 0 Å². The molecule has 1 aliphatic carbocycles. The van der Waals surface area contributed by atoms with E-state index in [0.717, 1.165) is 19.2 Å². The van der Waals surface area contributed by atoms with Gasteiger partial charge < -0.3 is 10.2 Å². The van der Waals surface area contributed by atoms with Crippen LogP contribution in [0.15, 0.2) is 24.3 Å². The van der Waals surface area contributed by atoms with Crippen LogP contribution in [0.4, 0.5) is 13.2 Å². The molecule has 1 atom stereocenters. The second-order valence-corrected chi connectivity index (χ2v) is 5.76. The van der Waals surface area contributed by atoms with Crippen molar-refractivity contribution in [2.75, 3.05) is 20.1 Å². The highest BCUT2D eigenvalue weighted by molar-refractivity contribution is 5.28. The van der Waals surface area contributed by atoms with E-state index >= 15 is 0 Å². The highest BCUT2D eigenvalue weighted by Gasteiger charge is 2.31. The first-order valence-corrected chi connectivity index (χ1v) is 7.52. The number of nitrogens with one attached hydrogen (secondary N) is 1. The number of hydrogen-bond acceptors (Lipinski definition) is 2. The standard InChI is InChI=1S/C16H23F3N2/c1-3-20-15(11-21(2)14-8-5-9-14)12-6-4-7-13(10-12)16(17,18)19/h4,6-7,10,14-15,20H,3,5,8-9,11H2,1-2H3. The molecule has 0 spiro atoms.